The predicted molar refractivity (Wildman–Crippen MR) is 94.2 cm³/mol. The zero-order chi connectivity index (χ0) is 17.5. The second-order valence-electron chi connectivity index (χ2n) is 6.08. The zero-order valence-electron chi connectivity index (χ0n) is 14.2. The van der Waals surface area contributed by atoms with Crippen molar-refractivity contribution in [3.05, 3.63) is 35.2 Å². The molecule has 0 aliphatic carbocycles. The molecule has 1 aromatic rings. The van der Waals surface area contributed by atoms with Crippen molar-refractivity contribution < 1.29 is 17.9 Å². The van der Waals surface area contributed by atoms with E-state index in [-0.39, 0.29) is 11.7 Å². The third-order valence-electron chi connectivity index (χ3n) is 4.28. The summed E-state index contributed by atoms with van der Waals surface area (Å²) in [6.45, 7) is 4.74. The van der Waals surface area contributed by atoms with Crippen molar-refractivity contribution in [2.24, 2.45) is 5.92 Å². The Balaban J connectivity index is 2.08. The van der Waals surface area contributed by atoms with E-state index in [9.17, 15) is 13.2 Å². The first-order valence-electron chi connectivity index (χ1n) is 8.59. The van der Waals surface area contributed by atoms with Crippen LogP contribution in [0.5, 0.6) is 0 Å². The Kier molecular flexibility index (Phi) is 7.69. The first-order valence-corrected chi connectivity index (χ1v) is 9.58. The summed E-state index contributed by atoms with van der Waals surface area (Å²) < 4.78 is 46.6. The van der Waals surface area contributed by atoms with Crippen LogP contribution in [-0.4, -0.2) is 18.5 Å². The van der Waals surface area contributed by atoms with Crippen LogP contribution >= 0.6 is 11.8 Å². The molecule has 1 fully saturated rings. The third-order valence-corrected chi connectivity index (χ3v) is 5.24. The number of halogens is 3. The molecule has 0 saturated carbocycles. The summed E-state index contributed by atoms with van der Waals surface area (Å²) in [5.74, 6) is 0.412. The molecule has 0 amide bonds. The summed E-state index contributed by atoms with van der Waals surface area (Å²) >= 11 is 1.24. The van der Waals surface area contributed by atoms with Gasteiger partial charge in [-0.2, -0.15) is 0 Å². The van der Waals surface area contributed by atoms with E-state index in [1.807, 2.05) is 6.92 Å². The summed E-state index contributed by atoms with van der Waals surface area (Å²) in [5.41, 5.74) is -0.290. The lowest BCUT2D eigenvalue weighted by atomic mass is 9.94. The van der Waals surface area contributed by atoms with Crippen LogP contribution in [0.25, 0.3) is 6.08 Å². The highest BCUT2D eigenvalue weighted by Crippen LogP contribution is 2.34. The van der Waals surface area contributed by atoms with Crippen molar-refractivity contribution in [2.75, 3.05) is 12.4 Å². The quantitative estimate of drug-likeness (QED) is 0.516. The van der Waals surface area contributed by atoms with Crippen molar-refractivity contribution >= 4 is 17.8 Å². The molecular formula is C19H25F3OS. The van der Waals surface area contributed by atoms with Crippen molar-refractivity contribution in [3.63, 3.8) is 0 Å². The summed E-state index contributed by atoms with van der Waals surface area (Å²) in [4.78, 5) is 0.318. The fourth-order valence-electron chi connectivity index (χ4n) is 3.03. The maximum absolute atomic E-state index is 14.4. The Labute approximate surface area is 146 Å². The van der Waals surface area contributed by atoms with Gasteiger partial charge in [0, 0.05) is 10.5 Å². The first-order chi connectivity index (χ1) is 11.6. The SMILES string of the molecule is CCCC1CCC(/C=C/c2ccc(SCC)c(C(F)F)c2F)OC1. The molecule has 2 unspecified atom stereocenters. The number of hydrogen-bond acceptors (Lipinski definition) is 2. The lowest BCUT2D eigenvalue weighted by molar-refractivity contribution is 0.00878. The van der Waals surface area contributed by atoms with Crippen LogP contribution in [0, 0.1) is 11.7 Å². The van der Waals surface area contributed by atoms with Gasteiger partial charge in [-0.05, 0) is 37.0 Å². The highest BCUT2D eigenvalue weighted by Gasteiger charge is 2.22. The molecule has 1 nitrogen and oxygen atoms in total. The minimum absolute atomic E-state index is 0.0581. The Bertz CT molecular complexity index is 552. The summed E-state index contributed by atoms with van der Waals surface area (Å²) in [6.07, 6.45) is 4.81. The molecule has 1 aromatic carbocycles. The topological polar surface area (TPSA) is 9.23 Å². The zero-order valence-corrected chi connectivity index (χ0v) is 15.1. The highest BCUT2D eigenvalue weighted by molar-refractivity contribution is 7.99. The average molecular weight is 358 g/mol. The van der Waals surface area contributed by atoms with Crippen molar-refractivity contribution in [3.8, 4) is 0 Å². The van der Waals surface area contributed by atoms with E-state index in [0.717, 1.165) is 25.9 Å². The number of thioether (sulfide) groups is 1. The molecule has 5 heteroatoms. The molecule has 134 valence electrons. The van der Waals surface area contributed by atoms with Gasteiger partial charge in [0.2, 0.25) is 0 Å². The van der Waals surface area contributed by atoms with Crippen LogP contribution in [-0.2, 0) is 4.74 Å². The Hall–Kier alpha value is -0.940. The second kappa shape index (κ2) is 9.52. The molecule has 1 aliphatic heterocycles. The number of rotatable bonds is 7. The van der Waals surface area contributed by atoms with Crippen LogP contribution in [0.3, 0.4) is 0 Å². The molecule has 1 aliphatic rings. The smallest absolute Gasteiger partial charge is 0.267 e. The monoisotopic (exact) mass is 358 g/mol. The van der Waals surface area contributed by atoms with Gasteiger partial charge in [0.1, 0.15) is 5.82 Å². The average Bonchev–Trinajstić information content (AvgIpc) is 2.56. The van der Waals surface area contributed by atoms with Crippen LogP contribution in [0.15, 0.2) is 23.1 Å². The standard InChI is InChI=1S/C19H25F3OS/c1-3-5-13-6-9-15(23-12-13)10-7-14-8-11-16(24-4-2)17(18(14)20)19(21)22/h7-8,10-11,13,15,19H,3-6,9,12H2,1-2H3/b10-7+. The van der Waals surface area contributed by atoms with E-state index in [2.05, 4.69) is 6.92 Å². The number of hydrogen-bond donors (Lipinski definition) is 0. The minimum atomic E-state index is -2.81. The van der Waals surface area contributed by atoms with Gasteiger partial charge in [0.05, 0.1) is 18.3 Å². The van der Waals surface area contributed by atoms with Gasteiger partial charge in [0.25, 0.3) is 6.43 Å². The molecule has 1 saturated heterocycles. The number of ether oxygens (including phenoxy) is 1. The van der Waals surface area contributed by atoms with Gasteiger partial charge in [-0.1, -0.05) is 38.5 Å². The van der Waals surface area contributed by atoms with Gasteiger partial charge in [-0.15, -0.1) is 11.8 Å². The van der Waals surface area contributed by atoms with Crippen molar-refractivity contribution in [2.45, 2.75) is 57.0 Å². The largest absolute Gasteiger partial charge is 0.374 e. The maximum Gasteiger partial charge on any atom is 0.267 e. The van der Waals surface area contributed by atoms with E-state index in [0.29, 0.717) is 16.6 Å². The summed E-state index contributed by atoms with van der Waals surface area (Å²) in [6, 6.07) is 3.15. The van der Waals surface area contributed by atoms with Gasteiger partial charge in [-0.3, -0.25) is 0 Å². The van der Waals surface area contributed by atoms with Gasteiger partial charge in [0.15, 0.2) is 0 Å². The van der Waals surface area contributed by atoms with Gasteiger partial charge >= 0.3 is 0 Å². The minimum Gasteiger partial charge on any atom is -0.374 e. The Morgan fingerprint density at radius 1 is 1.29 bits per heavy atom. The van der Waals surface area contributed by atoms with E-state index in [4.69, 9.17) is 4.74 Å². The summed E-state index contributed by atoms with van der Waals surface area (Å²) in [7, 11) is 0. The fraction of sp³-hybridized carbons (Fsp3) is 0.579. The lowest BCUT2D eigenvalue weighted by Gasteiger charge is -2.27. The maximum atomic E-state index is 14.4. The fourth-order valence-corrected chi connectivity index (χ4v) is 3.84. The third kappa shape index (κ3) is 5.03. The predicted octanol–water partition coefficient (Wildman–Crippen LogP) is 6.48. The van der Waals surface area contributed by atoms with E-state index < -0.39 is 17.8 Å². The van der Waals surface area contributed by atoms with Crippen LogP contribution in [0.2, 0.25) is 0 Å². The highest BCUT2D eigenvalue weighted by atomic mass is 32.2. The van der Waals surface area contributed by atoms with Gasteiger partial charge < -0.3 is 4.74 Å². The first kappa shape index (κ1) is 19.4. The second-order valence-corrected chi connectivity index (χ2v) is 7.38. The number of benzene rings is 1. The van der Waals surface area contributed by atoms with Crippen LogP contribution in [0.4, 0.5) is 13.2 Å². The van der Waals surface area contributed by atoms with E-state index in [1.54, 1.807) is 24.3 Å². The van der Waals surface area contributed by atoms with E-state index in [1.165, 1.54) is 18.2 Å². The van der Waals surface area contributed by atoms with Crippen molar-refractivity contribution in [1.29, 1.82) is 0 Å². The molecule has 24 heavy (non-hydrogen) atoms. The van der Waals surface area contributed by atoms with E-state index >= 15 is 0 Å². The molecule has 0 N–H and O–H groups in total. The Morgan fingerprint density at radius 2 is 2.08 bits per heavy atom. The molecule has 2 atom stereocenters. The molecule has 0 spiro atoms. The molecule has 2 rings (SSSR count). The molecule has 0 bridgehead atoms. The molecule has 1 heterocycles. The number of alkyl halides is 2. The van der Waals surface area contributed by atoms with Crippen molar-refractivity contribution in [1.82, 2.24) is 0 Å². The Morgan fingerprint density at radius 3 is 2.67 bits per heavy atom. The van der Waals surface area contributed by atoms with Gasteiger partial charge in [-0.25, -0.2) is 13.2 Å². The molecule has 0 aromatic heterocycles. The lowest BCUT2D eigenvalue weighted by Crippen LogP contribution is -2.24. The molecule has 0 radical (unpaired) electrons. The molecular weight excluding hydrogens is 333 g/mol. The normalized spacial score (nSPS) is 21.8. The summed E-state index contributed by atoms with van der Waals surface area (Å²) in [5, 5.41) is 0. The van der Waals surface area contributed by atoms with Crippen LogP contribution in [0.1, 0.15) is 57.1 Å². The van der Waals surface area contributed by atoms with Crippen LogP contribution < -0.4 is 0 Å².